The molecule has 0 aliphatic carbocycles. The Bertz CT molecular complexity index is 998. The van der Waals surface area contributed by atoms with Crippen LogP contribution in [-0.4, -0.2) is 30.9 Å². The van der Waals surface area contributed by atoms with Gasteiger partial charge in [-0.05, 0) is 43.7 Å². The molecule has 0 bridgehead atoms. The first-order chi connectivity index (χ1) is 14.0. The number of nitrogens with zero attached hydrogens (tertiary/aromatic N) is 4. The lowest BCUT2D eigenvalue weighted by atomic mass is 10.1. The average molecular weight is 394 g/mol. The molecule has 0 aromatic heterocycles. The van der Waals surface area contributed by atoms with E-state index >= 15 is 0 Å². The molecule has 150 valence electrons. The van der Waals surface area contributed by atoms with E-state index in [1.54, 1.807) is 26.1 Å². The van der Waals surface area contributed by atoms with Crippen molar-refractivity contribution in [2.24, 2.45) is 5.16 Å². The van der Waals surface area contributed by atoms with Gasteiger partial charge in [-0.15, -0.1) is 11.1 Å². The van der Waals surface area contributed by atoms with Crippen LogP contribution >= 0.6 is 0 Å². The molecular formula is C20H22N6O3. The minimum absolute atomic E-state index is 0.191. The lowest BCUT2D eigenvalue weighted by molar-refractivity contribution is 0.213. The Morgan fingerprint density at radius 2 is 2.07 bits per heavy atom. The van der Waals surface area contributed by atoms with Crippen molar-refractivity contribution in [3.63, 3.8) is 0 Å². The van der Waals surface area contributed by atoms with Crippen LogP contribution in [-0.2, 0) is 11.4 Å². The highest BCUT2D eigenvalue weighted by atomic mass is 16.6. The topological polar surface area (TPSA) is 102 Å². The number of oxime groups is 1. The average Bonchev–Trinajstić information content (AvgIpc) is 3.05. The maximum absolute atomic E-state index is 12.3. The highest BCUT2D eigenvalue weighted by Gasteiger charge is 2.28. The third-order valence-electron chi connectivity index (χ3n) is 4.55. The zero-order valence-corrected chi connectivity index (χ0v) is 16.7. The summed E-state index contributed by atoms with van der Waals surface area (Å²) in [6, 6.07) is 12.8. The quantitative estimate of drug-likeness (QED) is 0.577. The molecule has 2 aromatic rings. The highest BCUT2D eigenvalue weighted by molar-refractivity contribution is 5.98. The minimum Gasteiger partial charge on any atom is -0.487 e. The fraction of sp³-hybridized carbons (Fsp3) is 0.250. The van der Waals surface area contributed by atoms with E-state index in [1.165, 1.54) is 17.1 Å². The molecule has 0 radical (unpaired) electrons. The third-order valence-corrected chi connectivity index (χ3v) is 4.55. The fourth-order valence-corrected chi connectivity index (χ4v) is 2.93. The molecule has 0 saturated carbocycles. The van der Waals surface area contributed by atoms with Gasteiger partial charge >= 0.3 is 6.03 Å². The first kappa shape index (κ1) is 20.1. The number of benzene rings is 2. The molecule has 0 unspecified atom stereocenters. The molecule has 2 N–H and O–H groups in total. The number of anilines is 1. The van der Waals surface area contributed by atoms with Crippen LogP contribution in [0.2, 0.25) is 0 Å². The van der Waals surface area contributed by atoms with E-state index in [9.17, 15) is 10.1 Å². The van der Waals surface area contributed by atoms with Crippen molar-refractivity contribution in [1.82, 2.24) is 16.1 Å². The van der Waals surface area contributed by atoms with Crippen molar-refractivity contribution >= 4 is 17.4 Å². The van der Waals surface area contributed by atoms with E-state index < -0.39 is 0 Å². The predicted octanol–water partition coefficient (Wildman–Crippen LogP) is 2.61. The number of rotatable bonds is 6. The number of amides is 2. The number of hydrogen-bond acceptors (Lipinski definition) is 7. The van der Waals surface area contributed by atoms with Gasteiger partial charge in [0.05, 0.1) is 17.0 Å². The smallest absolute Gasteiger partial charge is 0.355 e. The van der Waals surface area contributed by atoms with Crippen LogP contribution in [0, 0.1) is 18.3 Å². The summed E-state index contributed by atoms with van der Waals surface area (Å²) in [6.45, 7) is 3.93. The summed E-state index contributed by atoms with van der Waals surface area (Å²) in [4.78, 5) is 17.1. The Morgan fingerprint density at radius 3 is 2.72 bits per heavy atom. The Kier molecular flexibility index (Phi) is 5.97. The van der Waals surface area contributed by atoms with E-state index in [0.717, 1.165) is 16.7 Å². The van der Waals surface area contributed by atoms with E-state index in [2.05, 4.69) is 22.3 Å². The molecular weight excluding hydrogens is 372 g/mol. The zero-order chi connectivity index (χ0) is 21.0. The number of nitrogens with one attached hydrogen (secondary N) is 2. The summed E-state index contributed by atoms with van der Waals surface area (Å²) in [6.07, 6.45) is 0. The van der Waals surface area contributed by atoms with Crippen LogP contribution in [0.25, 0.3) is 0 Å². The molecule has 3 rings (SSSR count). The van der Waals surface area contributed by atoms with Gasteiger partial charge in [0.25, 0.3) is 0 Å². The Morgan fingerprint density at radius 1 is 1.28 bits per heavy atom. The maximum atomic E-state index is 12.3. The SMILES string of the molecule is CON=C(C)c1ccc(OCc2c(C)cccc2N2NNN(C)C2=O)c(C#N)c1. The highest BCUT2D eigenvalue weighted by Crippen LogP contribution is 2.27. The monoisotopic (exact) mass is 394 g/mol. The Hall–Kier alpha value is -3.61. The predicted molar refractivity (Wildman–Crippen MR) is 108 cm³/mol. The van der Waals surface area contributed by atoms with E-state index in [1.807, 2.05) is 31.2 Å². The van der Waals surface area contributed by atoms with E-state index in [4.69, 9.17) is 9.57 Å². The minimum atomic E-state index is -0.244. The van der Waals surface area contributed by atoms with Gasteiger partial charge in [0.15, 0.2) is 0 Å². The summed E-state index contributed by atoms with van der Waals surface area (Å²) in [7, 11) is 3.09. The van der Waals surface area contributed by atoms with Crippen molar-refractivity contribution in [3.05, 3.63) is 58.7 Å². The van der Waals surface area contributed by atoms with Crippen LogP contribution in [0.1, 0.15) is 29.2 Å². The van der Waals surface area contributed by atoms with Crippen molar-refractivity contribution in [2.75, 3.05) is 19.2 Å². The molecule has 29 heavy (non-hydrogen) atoms. The standard InChI is InChI=1S/C20H22N6O3/c1-13-6-5-7-18(26-20(27)25(3)23-24-26)17(13)12-29-19-9-8-15(10-16(19)11-21)14(2)22-28-4/h5-10,23-24H,12H2,1-4H3. The van der Waals surface area contributed by atoms with Gasteiger partial charge in [0.1, 0.15) is 25.5 Å². The largest absolute Gasteiger partial charge is 0.487 e. The molecule has 9 nitrogen and oxygen atoms in total. The van der Waals surface area contributed by atoms with E-state index in [-0.39, 0.29) is 12.6 Å². The number of carbonyl (C=O) groups is 1. The summed E-state index contributed by atoms with van der Waals surface area (Å²) >= 11 is 0. The van der Waals surface area contributed by atoms with Crippen molar-refractivity contribution in [3.8, 4) is 11.8 Å². The summed E-state index contributed by atoms with van der Waals surface area (Å²) < 4.78 is 5.96. The van der Waals surface area contributed by atoms with Crippen molar-refractivity contribution in [2.45, 2.75) is 20.5 Å². The number of hydrogen-bond donors (Lipinski definition) is 2. The number of carbonyl (C=O) groups excluding carboxylic acids is 1. The van der Waals surface area contributed by atoms with Gasteiger partial charge in [-0.2, -0.15) is 5.26 Å². The third kappa shape index (κ3) is 4.13. The normalized spacial score (nSPS) is 14.2. The van der Waals surface area contributed by atoms with Gasteiger partial charge in [-0.25, -0.2) is 14.8 Å². The molecule has 9 heteroatoms. The first-order valence-electron chi connectivity index (χ1n) is 8.89. The van der Waals surface area contributed by atoms with Crippen LogP contribution in [0.5, 0.6) is 5.75 Å². The number of ether oxygens (including phenoxy) is 1. The molecule has 2 amide bonds. The molecule has 1 aliphatic heterocycles. The first-order valence-corrected chi connectivity index (χ1v) is 8.89. The summed E-state index contributed by atoms with van der Waals surface area (Å²) in [5.74, 6) is 0.451. The fourth-order valence-electron chi connectivity index (χ4n) is 2.93. The lowest BCUT2D eigenvalue weighted by Crippen LogP contribution is -2.38. The number of hydrazine groups is 3. The van der Waals surface area contributed by atoms with Gasteiger partial charge in [-0.3, -0.25) is 0 Å². The van der Waals surface area contributed by atoms with Crippen molar-refractivity contribution < 1.29 is 14.4 Å². The second-order valence-corrected chi connectivity index (χ2v) is 6.44. The van der Waals surface area contributed by atoms with E-state index in [0.29, 0.717) is 22.7 Å². The van der Waals surface area contributed by atoms with Gasteiger partial charge in [-0.1, -0.05) is 17.3 Å². The molecule has 1 saturated heterocycles. The second-order valence-electron chi connectivity index (χ2n) is 6.44. The van der Waals surface area contributed by atoms with Gasteiger partial charge < -0.3 is 9.57 Å². The maximum Gasteiger partial charge on any atom is 0.355 e. The van der Waals surface area contributed by atoms with Gasteiger partial charge in [0.2, 0.25) is 0 Å². The van der Waals surface area contributed by atoms with Crippen LogP contribution in [0.15, 0.2) is 41.6 Å². The molecule has 1 heterocycles. The second kappa shape index (κ2) is 8.60. The molecule has 0 atom stereocenters. The zero-order valence-electron chi connectivity index (χ0n) is 16.7. The number of aryl methyl sites for hydroxylation is 1. The summed E-state index contributed by atoms with van der Waals surface area (Å²) in [5.41, 5.74) is 9.84. The van der Waals surface area contributed by atoms with Crippen LogP contribution < -0.4 is 20.8 Å². The summed E-state index contributed by atoms with van der Waals surface area (Å²) in [5, 5.41) is 16.1. The number of urea groups is 1. The number of nitriles is 1. The molecule has 1 fully saturated rings. The van der Waals surface area contributed by atoms with Gasteiger partial charge in [0, 0.05) is 18.2 Å². The molecule has 0 spiro atoms. The van der Waals surface area contributed by atoms with Crippen LogP contribution in [0.4, 0.5) is 10.5 Å². The molecule has 2 aromatic carbocycles. The lowest BCUT2D eigenvalue weighted by Gasteiger charge is -2.20. The molecule has 1 aliphatic rings. The Balaban J connectivity index is 1.86. The van der Waals surface area contributed by atoms with Crippen molar-refractivity contribution in [1.29, 1.82) is 5.26 Å². The Labute approximate surface area is 169 Å². The van der Waals surface area contributed by atoms with Crippen LogP contribution in [0.3, 0.4) is 0 Å².